The second-order valence-electron chi connectivity index (χ2n) is 7.12. The molecule has 2 N–H and O–H groups in total. The molecule has 0 saturated heterocycles. The van der Waals surface area contributed by atoms with Crippen molar-refractivity contribution in [3.63, 3.8) is 0 Å². The van der Waals surface area contributed by atoms with E-state index >= 15 is 0 Å². The van der Waals surface area contributed by atoms with Crippen LogP contribution in [0.3, 0.4) is 0 Å². The Bertz CT molecular complexity index is 1260. The number of carbonyl (C=O) groups excluding carboxylic acids is 1. The highest BCUT2D eigenvalue weighted by Crippen LogP contribution is 2.19. The molecule has 3 aromatic rings. The molecule has 33 heavy (non-hydrogen) atoms. The number of benzene rings is 3. The molecule has 0 radical (unpaired) electrons. The lowest BCUT2D eigenvalue weighted by atomic mass is 10.1. The second kappa shape index (κ2) is 11.1. The summed E-state index contributed by atoms with van der Waals surface area (Å²) >= 11 is 0. The van der Waals surface area contributed by atoms with Gasteiger partial charge < -0.3 is 4.84 Å². The molecule has 0 bridgehead atoms. The number of hydrogen-bond acceptors (Lipinski definition) is 6. The van der Waals surface area contributed by atoms with Crippen molar-refractivity contribution in [1.29, 1.82) is 0 Å². The van der Waals surface area contributed by atoms with Gasteiger partial charge in [0.05, 0.1) is 22.5 Å². The van der Waals surface area contributed by atoms with Crippen molar-refractivity contribution >= 4 is 33.5 Å². The number of nitrogens with zero attached hydrogens (tertiary/aromatic N) is 2. The molecule has 0 heterocycles. The first kappa shape index (κ1) is 23.7. The Kier molecular flexibility index (Phi) is 7.93. The molecule has 0 aliphatic carbocycles. The molecular weight excluding hydrogens is 440 g/mol. The maximum atomic E-state index is 12.7. The summed E-state index contributed by atoms with van der Waals surface area (Å²) in [5.41, 5.74) is 5.63. The Morgan fingerprint density at radius 2 is 1.64 bits per heavy atom. The van der Waals surface area contributed by atoms with Crippen LogP contribution in [-0.4, -0.2) is 32.9 Å². The first-order chi connectivity index (χ1) is 15.8. The highest BCUT2D eigenvalue weighted by molar-refractivity contribution is 7.92. The number of oxime groups is 1. The minimum atomic E-state index is -3.77. The number of nitrogens with one attached hydrogen (secondary N) is 2. The van der Waals surface area contributed by atoms with E-state index < -0.39 is 15.9 Å². The lowest BCUT2D eigenvalue weighted by Gasteiger charge is -2.10. The van der Waals surface area contributed by atoms with Crippen molar-refractivity contribution in [2.24, 2.45) is 10.3 Å². The topological polar surface area (TPSA) is 109 Å². The minimum absolute atomic E-state index is 0.150. The fourth-order valence-corrected chi connectivity index (χ4v) is 3.84. The molecule has 0 atom stereocenters. The van der Waals surface area contributed by atoms with E-state index in [4.69, 9.17) is 4.84 Å². The molecule has 0 unspecified atom stereocenters. The van der Waals surface area contributed by atoms with Gasteiger partial charge in [-0.05, 0) is 37.6 Å². The molecule has 3 aromatic carbocycles. The molecule has 0 fully saturated rings. The third-order valence-electron chi connectivity index (χ3n) is 4.52. The molecule has 3 rings (SSSR count). The van der Waals surface area contributed by atoms with Crippen molar-refractivity contribution < 1.29 is 18.0 Å². The lowest BCUT2D eigenvalue weighted by molar-refractivity contribution is -0.125. The van der Waals surface area contributed by atoms with E-state index in [0.717, 1.165) is 11.1 Å². The Morgan fingerprint density at radius 3 is 2.36 bits per heavy atom. The van der Waals surface area contributed by atoms with E-state index in [2.05, 4.69) is 20.4 Å². The highest BCUT2D eigenvalue weighted by Gasteiger charge is 2.15. The number of para-hydroxylation sites is 1. The van der Waals surface area contributed by atoms with Gasteiger partial charge in [-0.1, -0.05) is 71.4 Å². The van der Waals surface area contributed by atoms with Crippen LogP contribution in [0.25, 0.3) is 0 Å². The number of sulfonamides is 1. The minimum Gasteiger partial charge on any atom is -0.385 e. The Balaban J connectivity index is 1.58. The van der Waals surface area contributed by atoms with E-state index in [1.54, 1.807) is 43.3 Å². The zero-order chi connectivity index (χ0) is 23.7. The standard InChI is InChI=1S/C24H24N4O4S/c1-18-12-14-22(15-13-18)33(30,31)28-23-11-7-6-10-21(23)16-25-26-24(29)17-32-27-19(2)20-8-4-3-5-9-20/h3-16,28H,17H2,1-2H3,(H,26,29). The number of amides is 1. The molecule has 0 aliphatic rings. The molecule has 8 nitrogen and oxygen atoms in total. The van der Waals surface area contributed by atoms with Crippen LogP contribution in [0.5, 0.6) is 0 Å². The van der Waals surface area contributed by atoms with Gasteiger partial charge in [-0.2, -0.15) is 5.10 Å². The quantitative estimate of drug-likeness (QED) is 0.372. The van der Waals surface area contributed by atoms with E-state index in [-0.39, 0.29) is 11.5 Å². The molecule has 0 spiro atoms. The Labute approximate surface area is 193 Å². The number of aryl methyl sites for hydroxylation is 1. The van der Waals surface area contributed by atoms with Crippen molar-refractivity contribution in [1.82, 2.24) is 5.43 Å². The average molecular weight is 465 g/mol. The van der Waals surface area contributed by atoms with Gasteiger partial charge >= 0.3 is 0 Å². The van der Waals surface area contributed by atoms with Crippen LogP contribution in [0.15, 0.2) is 94.0 Å². The van der Waals surface area contributed by atoms with Crippen molar-refractivity contribution in [3.05, 3.63) is 95.6 Å². The van der Waals surface area contributed by atoms with Gasteiger partial charge in [0.1, 0.15) is 0 Å². The molecule has 0 aromatic heterocycles. The Morgan fingerprint density at radius 1 is 0.970 bits per heavy atom. The van der Waals surface area contributed by atoms with Gasteiger partial charge in [0.25, 0.3) is 15.9 Å². The summed E-state index contributed by atoms with van der Waals surface area (Å²) in [7, 11) is -3.77. The van der Waals surface area contributed by atoms with E-state index in [9.17, 15) is 13.2 Å². The molecular formula is C24H24N4O4S. The van der Waals surface area contributed by atoms with E-state index in [0.29, 0.717) is 17.0 Å². The fourth-order valence-electron chi connectivity index (χ4n) is 2.75. The lowest BCUT2D eigenvalue weighted by Crippen LogP contribution is -2.22. The summed E-state index contributed by atoms with van der Waals surface area (Å²) in [4.78, 5) is 17.2. The molecule has 9 heteroatoms. The second-order valence-corrected chi connectivity index (χ2v) is 8.80. The Hall–Kier alpha value is -3.98. The fraction of sp³-hybridized carbons (Fsp3) is 0.125. The van der Waals surface area contributed by atoms with Crippen molar-refractivity contribution in [2.45, 2.75) is 18.7 Å². The molecule has 0 saturated carbocycles. The molecule has 1 amide bonds. The van der Waals surface area contributed by atoms with Crippen LogP contribution in [0, 0.1) is 6.92 Å². The number of carbonyl (C=O) groups is 1. The van der Waals surface area contributed by atoms with Crippen LogP contribution >= 0.6 is 0 Å². The summed E-state index contributed by atoms with van der Waals surface area (Å²) in [5, 5.41) is 7.80. The zero-order valence-corrected chi connectivity index (χ0v) is 19.0. The predicted octanol–water partition coefficient (Wildman–Crippen LogP) is 3.69. The molecule has 0 aliphatic heterocycles. The average Bonchev–Trinajstić information content (AvgIpc) is 2.81. The maximum absolute atomic E-state index is 12.7. The summed E-state index contributed by atoms with van der Waals surface area (Å²) in [5.74, 6) is -0.506. The summed E-state index contributed by atoms with van der Waals surface area (Å²) in [6.45, 7) is 3.34. The zero-order valence-electron chi connectivity index (χ0n) is 18.2. The number of hydrogen-bond donors (Lipinski definition) is 2. The number of anilines is 1. The summed E-state index contributed by atoms with van der Waals surface area (Å²) < 4.78 is 27.9. The van der Waals surface area contributed by atoms with Gasteiger partial charge in [-0.15, -0.1) is 0 Å². The summed E-state index contributed by atoms with van der Waals surface area (Å²) in [6.07, 6.45) is 1.35. The van der Waals surface area contributed by atoms with Crippen LogP contribution in [0.2, 0.25) is 0 Å². The van der Waals surface area contributed by atoms with E-state index in [1.165, 1.54) is 18.3 Å². The van der Waals surface area contributed by atoms with E-state index in [1.807, 2.05) is 37.3 Å². The molecule has 170 valence electrons. The van der Waals surface area contributed by atoms with Crippen LogP contribution < -0.4 is 10.1 Å². The SMILES string of the molecule is CC(=NOCC(=O)NN=Cc1ccccc1NS(=O)(=O)c1ccc(C)cc1)c1ccccc1. The van der Waals surface area contributed by atoms with Gasteiger partial charge in [-0.25, -0.2) is 13.8 Å². The largest absolute Gasteiger partial charge is 0.385 e. The van der Waals surface area contributed by atoms with Gasteiger partial charge in [0.2, 0.25) is 0 Å². The van der Waals surface area contributed by atoms with Crippen molar-refractivity contribution in [3.8, 4) is 0 Å². The van der Waals surface area contributed by atoms with Crippen LogP contribution in [0.4, 0.5) is 5.69 Å². The first-order valence-corrected chi connectivity index (χ1v) is 11.6. The number of hydrazone groups is 1. The highest BCUT2D eigenvalue weighted by atomic mass is 32.2. The third kappa shape index (κ3) is 7.01. The van der Waals surface area contributed by atoms with Gasteiger partial charge in [0, 0.05) is 5.56 Å². The van der Waals surface area contributed by atoms with Crippen LogP contribution in [-0.2, 0) is 19.7 Å². The van der Waals surface area contributed by atoms with Crippen LogP contribution in [0.1, 0.15) is 23.6 Å². The smallest absolute Gasteiger partial charge is 0.280 e. The maximum Gasteiger partial charge on any atom is 0.280 e. The predicted molar refractivity (Wildman–Crippen MR) is 129 cm³/mol. The van der Waals surface area contributed by atoms with Crippen molar-refractivity contribution in [2.75, 3.05) is 11.3 Å². The van der Waals surface area contributed by atoms with Gasteiger partial charge in [0.15, 0.2) is 6.61 Å². The first-order valence-electron chi connectivity index (χ1n) is 10.1. The normalized spacial score (nSPS) is 11.9. The number of rotatable bonds is 9. The monoisotopic (exact) mass is 464 g/mol. The van der Waals surface area contributed by atoms with Gasteiger partial charge in [-0.3, -0.25) is 9.52 Å². The summed E-state index contributed by atoms with van der Waals surface area (Å²) in [6, 6.07) is 22.7. The third-order valence-corrected chi connectivity index (χ3v) is 5.90.